The van der Waals surface area contributed by atoms with Crippen LogP contribution >= 0.6 is 7.82 Å². The summed E-state index contributed by atoms with van der Waals surface area (Å²) in [5, 5.41) is 20.6. The van der Waals surface area contributed by atoms with Crippen LogP contribution in [0, 0.1) is 10.8 Å². The maximum absolute atomic E-state index is 11.5. The smallest absolute Gasteiger partial charge is 0.396 e. The van der Waals surface area contributed by atoms with E-state index >= 15 is 0 Å². The fourth-order valence-corrected chi connectivity index (χ4v) is 6.64. The van der Waals surface area contributed by atoms with Gasteiger partial charge in [-0.3, -0.25) is 4.52 Å². The molecular weight excluding hydrogens is 659 g/mol. The van der Waals surface area contributed by atoms with Crippen LogP contribution in [0.25, 0.3) is 0 Å². The third-order valence-corrected chi connectivity index (χ3v) is 10.0. The zero-order valence-corrected chi connectivity index (χ0v) is 33.6. The monoisotopic (exact) mass is 741 g/mol. The van der Waals surface area contributed by atoms with E-state index in [0.29, 0.717) is 13.2 Å². The number of hydrogen-bond acceptors (Lipinski definition) is 8. The van der Waals surface area contributed by atoms with Gasteiger partial charge in [-0.1, -0.05) is 155 Å². The molecule has 0 aromatic rings. The number of rotatable bonds is 41. The lowest BCUT2D eigenvalue weighted by Gasteiger charge is -2.35. The Hall–Kier alpha value is -0.130. The van der Waals surface area contributed by atoms with Gasteiger partial charge in [0.2, 0.25) is 0 Å². The molecule has 0 bridgehead atoms. The average molecular weight is 741 g/mol. The predicted molar refractivity (Wildman–Crippen MR) is 204 cm³/mol. The third-order valence-electron chi connectivity index (χ3n) is 9.58. The quantitative estimate of drug-likeness (QED) is 0.0354. The van der Waals surface area contributed by atoms with Gasteiger partial charge in [-0.15, -0.1) is 0 Å². The van der Waals surface area contributed by atoms with Gasteiger partial charge in [0.05, 0.1) is 63.7 Å². The summed E-state index contributed by atoms with van der Waals surface area (Å²) in [6.45, 7) is 4.94. The topological polar surface area (TPSA) is 144 Å². The molecule has 0 saturated heterocycles. The van der Waals surface area contributed by atoms with Crippen molar-refractivity contribution < 1.29 is 48.0 Å². The highest BCUT2D eigenvalue weighted by Crippen LogP contribution is 2.38. The number of phosphoric ester groups is 1. The summed E-state index contributed by atoms with van der Waals surface area (Å²) < 4.78 is 39.6. The molecule has 10 nitrogen and oxygen atoms in total. The maximum atomic E-state index is 11.5. The molecule has 0 rings (SSSR count). The van der Waals surface area contributed by atoms with Gasteiger partial charge in [-0.05, 0) is 12.8 Å². The fourth-order valence-electron chi connectivity index (χ4n) is 6.20. The van der Waals surface area contributed by atoms with Crippen molar-refractivity contribution in [2.24, 2.45) is 10.8 Å². The van der Waals surface area contributed by atoms with Crippen LogP contribution in [0.4, 0.5) is 0 Å². The van der Waals surface area contributed by atoms with Gasteiger partial charge in [0.1, 0.15) is 0 Å². The molecule has 0 saturated carbocycles. The van der Waals surface area contributed by atoms with Gasteiger partial charge in [-0.25, -0.2) is 4.57 Å². The lowest BCUT2D eigenvalue weighted by Crippen LogP contribution is -2.45. The van der Waals surface area contributed by atoms with Gasteiger partial charge in [0, 0.05) is 20.3 Å². The molecule has 302 valence electrons. The summed E-state index contributed by atoms with van der Waals surface area (Å²) >= 11 is 0. The molecule has 11 heteroatoms. The number of aliphatic hydroxyl groups is 2. The van der Waals surface area contributed by atoms with Crippen LogP contribution in [0.15, 0.2) is 0 Å². The number of aliphatic hydroxyl groups excluding tert-OH is 2. The van der Waals surface area contributed by atoms with Gasteiger partial charge < -0.3 is 38.9 Å². The molecule has 0 aliphatic carbocycles. The van der Waals surface area contributed by atoms with E-state index in [4.69, 9.17) is 23.5 Å². The number of methoxy groups -OCH3 is 1. The lowest BCUT2D eigenvalue weighted by molar-refractivity contribution is -0.121. The van der Waals surface area contributed by atoms with Gasteiger partial charge in [-0.2, -0.15) is 0 Å². The van der Waals surface area contributed by atoms with E-state index in [1.165, 1.54) is 122 Å². The first-order valence-electron chi connectivity index (χ1n) is 20.4. The fraction of sp³-hybridized carbons (Fsp3) is 1.00. The molecular formula is C39H81O10P. The van der Waals surface area contributed by atoms with Crippen molar-refractivity contribution in [1.82, 2.24) is 0 Å². The summed E-state index contributed by atoms with van der Waals surface area (Å²) in [7, 11) is -3.21. The summed E-state index contributed by atoms with van der Waals surface area (Å²) in [4.78, 5) is 18.7. The molecule has 4 N–H and O–H groups in total. The normalized spacial score (nSPS) is 14.6. The summed E-state index contributed by atoms with van der Waals surface area (Å²) in [5.41, 5.74) is -1.99. The highest BCUT2D eigenvalue weighted by Gasteiger charge is 2.37. The molecule has 0 aromatic heterocycles. The Kier molecular flexibility index (Phi) is 34.5. The zero-order chi connectivity index (χ0) is 37.1. The van der Waals surface area contributed by atoms with Gasteiger partial charge in [0.25, 0.3) is 0 Å². The van der Waals surface area contributed by atoms with Crippen LogP contribution in [0.3, 0.4) is 0 Å². The molecule has 0 aromatic carbocycles. The average Bonchev–Trinajstić information content (AvgIpc) is 3.10. The van der Waals surface area contributed by atoms with Crippen molar-refractivity contribution in [2.75, 3.05) is 73.2 Å². The summed E-state index contributed by atoms with van der Waals surface area (Å²) in [6.07, 6.45) is 30.1. The molecule has 0 spiro atoms. The van der Waals surface area contributed by atoms with Gasteiger partial charge >= 0.3 is 7.82 Å². The van der Waals surface area contributed by atoms with Crippen LogP contribution in [0.2, 0.25) is 0 Å². The van der Waals surface area contributed by atoms with Crippen molar-refractivity contribution in [1.29, 1.82) is 0 Å². The molecule has 0 aliphatic rings. The van der Waals surface area contributed by atoms with E-state index in [9.17, 15) is 24.6 Å². The van der Waals surface area contributed by atoms with Crippen LogP contribution in [-0.2, 0) is 28.0 Å². The minimum atomic E-state index is -4.77. The van der Waals surface area contributed by atoms with Crippen molar-refractivity contribution in [3.8, 4) is 0 Å². The minimum absolute atomic E-state index is 0.0212. The van der Waals surface area contributed by atoms with E-state index < -0.39 is 31.9 Å². The Morgan fingerprint density at radius 3 is 1.04 bits per heavy atom. The minimum Gasteiger partial charge on any atom is -0.396 e. The second-order valence-corrected chi connectivity index (χ2v) is 16.1. The van der Waals surface area contributed by atoms with Crippen LogP contribution in [0.5, 0.6) is 0 Å². The lowest BCUT2D eigenvalue weighted by atomic mass is 9.90. The molecule has 0 aliphatic heterocycles. The molecule has 0 fully saturated rings. The standard InChI is InChI=1S/C39H81O10P/c1-4-6-8-10-12-14-16-18-20-22-24-26-28-46-33-38(30-40,32-45-3)35-48-36-39(31-41,37-49-50(42,43)44)34-47-29-27-25-23-21-19-17-15-13-11-9-7-5-2/h40-41H,4-37H2,1-3H3,(H2,42,43,44). The molecule has 0 amide bonds. The SMILES string of the molecule is CCCCCCCCCCCCCCOCC(CO)(COC)COCC(CO)(COCCCCCCCCCCCCCC)COP(=O)(O)O. The highest BCUT2D eigenvalue weighted by molar-refractivity contribution is 7.46. The Balaban J connectivity index is 4.52. The number of unbranched alkanes of at least 4 members (excludes halogenated alkanes) is 22. The third kappa shape index (κ3) is 30.3. The maximum Gasteiger partial charge on any atom is 0.469 e. The van der Waals surface area contributed by atoms with Crippen LogP contribution in [-0.4, -0.2) is 93.2 Å². The van der Waals surface area contributed by atoms with Crippen LogP contribution in [0.1, 0.15) is 168 Å². The first-order valence-corrected chi connectivity index (χ1v) is 21.9. The molecule has 0 radical (unpaired) electrons. The van der Waals surface area contributed by atoms with Crippen molar-refractivity contribution in [3.63, 3.8) is 0 Å². The molecule has 50 heavy (non-hydrogen) atoms. The number of phosphoric acid groups is 1. The van der Waals surface area contributed by atoms with Crippen molar-refractivity contribution in [3.05, 3.63) is 0 Å². The van der Waals surface area contributed by atoms with E-state index in [0.717, 1.165) is 32.1 Å². The first-order chi connectivity index (χ1) is 24.2. The summed E-state index contributed by atoms with van der Waals surface area (Å²) in [6, 6.07) is 0. The summed E-state index contributed by atoms with van der Waals surface area (Å²) in [5.74, 6) is 0. The Morgan fingerprint density at radius 2 is 0.740 bits per heavy atom. The Bertz CT molecular complexity index is 754. The van der Waals surface area contributed by atoms with E-state index in [1.54, 1.807) is 7.11 Å². The highest BCUT2D eigenvalue weighted by atomic mass is 31.2. The molecule has 2 unspecified atom stereocenters. The number of ether oxygens (including phenoxy) is 4. The second-order valence-electron chi connectivity index (χ2n) is 14.9. The second kappa shape index (κ2) is 34.6. The van der Waals surface area contributed by atoms with Crippen LogP contribution < -0.4 is 0 Å². The van der Waals surface area contributed by atoms with E-state index in [-0.39, 0.29) is 39.6 Å². The number of hydrogen-bond donors (Lipinski definition) is 4. The molecule has 0 heterocycles. The molecule has 2 atom stereocenters. The zero-order valence-electron chi connectivity index (χ0n) is 32.7. The van der Waals surface area contributed by atoms with E-state index in [2.05, 4.69) is 13.8 Å². The van der Waals surface area contributed by atoms with E-state index in [1.807, 2.05) is 0 Å². The largest absolute Gasteiger partial charge is 0.469 e. The Morgan fingerprint density at radius 1 is 0.440 bits per heavy atom. The van der Waals surface area contributed by atoms with Gasteiger partial charge in [0.15, 0.2) is 0 Å². The first kappa shape index (κ1) is 49.9. The van der Waals surface area contributed by atoms with Crippen molar-refractivity contribution in [2.45, 2.75) is 168 Å². The van der Waals surface area contributed by atoms with Crippen molar-refractivity contribution >= 4 is 7.82 Å². The Labute approximate surface area is 307 Å². The predicted octanol–water partition coefficient (Wildman–Crippen LogP) is 9.15.